The van der Waals surface area contributed by atoms with Crippen molar-refractivity contribution in [2.24, 2.45) is 5.92 Å². The summed E-state index contributed by atoms with van der Waals surface area (Å²) in [5.74, 6) is 0.437. The number of halogens is 2. The van der Waals surface area contributed by atoms with Crippen LogP contribution in [0.1, 0.15) is 32.3 Å². The maximum absolute atomic E-state index is 12.5. The highest BCUT2D eigenvalue weighted by Crippen LogP contribution is 2.35. The highest BCUT2D eigenvalue weighted by Gasteiger charge is 2.32. The Labute approximate surface area is 136 Å². The molecule has 0 aromatic heterocycles. The predicted octanol–water partition coefficient (Wildman–Crippen LogP) is 3.18. The van der Waals surface area contributed by atoms with E-state index < -0.39 is 10.0 Å². The Balaban J connectivity index is 2.29. The lowest BCUT2D eigenvalue weighted by Gasteiger charge is -2.16. The van der Waals surface area contributed by atoms with E-state index in [-0.39, 0.29) is 16.0 Å². The van der Waals surface area contributed by atoms with Crippen LogP contribution in [0, 0.1) is 5.92 Å². The Morgan fingerprint density at radius 3 is 2.57 bits per heavy atom. The number of sulfonamides is 1. The standard InChI is InChI=1S/C14H20Cl2N2O2S/c1-3-17-8-11-12(15)6-7-13(14(11)16)21(19,20)18-9(2)10-4-5-10/h6-7,9-10,17-18H,3-5,8H2,1-2H3. The average molecular weight is 351 g/mol. The number of benzene rings is 1. The Morgan fingerprint density at radius 2 is 2.00 bits per heavy atom. The van der Waals surface area contributed by atoms with Gasteiger partial charge in [-0.25, -0.2) is 13.1 Å². The molecule has 2 rings (SSSR count). The second-order valence-electron chi connectivity index (χ2n) is 5.37. The van der Waals surface area contributed by atoms with Crippen molar-refractivity contribution in [1.82, 2.24) is 10.0 Å². The van der Waals surface area contributed by atoms with Gasteiger partial charge in [-0.1, -0.05) is 30.1 Å². The highest BCUT2D eigenvalue weighted by atomic mass is 35.5. The molecule has 1 atom stereocenters. The molecule has 0 amide bonds. The molecule has 4 nitrogen and oxygen atoms in total. The topological polar surface area (TPSA) is 58.2 Å². The molecule has 7 heteroatoms. The summed E-state index contributed by atoms with van der Waals surface area (Å²) in [6.45, 7) is 5.04. The van der Waals surface area contributed by atoms with Gasteiger partial charge in [0.05, 0.1) is 5.02 Å². The van der Waals surface area contributed by atoms with Gasteiger partial charge in [0.25, 0.3) is 0 Å². The maximum Gasteiger partial charge on any atom is 0.242 e. The maximum atomic E-state index is 12.5. The van der Waals surface area contributed by atoms with Crippen LogP contribution >= 0.6 is 23.2 Å². The quantitative estimate of drug-likeness (QED) is 0.793. The number of hydrogen-bond acceptors (Lipinski definition) is 3. The minimum atomic E-state index is -3.63. The van der Waals surface area contributed by atoms with E-state index in [1.165, 1.54) is 6.07 Å². The minimum Gasteiger partial charge on any atom is -0.313 e. The summed E-state index contributed by atoms with van der Waals surface area (Å²) in [5.41, 5.74) is 0.613. The molecule has 1 aromatic carbocycles. The van der Waals surface area contributed by atoms with Gasteiger partial charge in [-0.05, 0) is 44.4 Å². The van der Waals surface area contributed by atoms with Crippen molar-refractivity contribution in [1.29, 1.82) is 0 Å². The fraction of sp³-hybridized carbons (Fsp3) is 0.571. The third-order valence-electron chi connectivity index (χ3n) is 3.66. The van der Waals surface area contributed by atoms with Crippen LogP contribution in [0.3, 0.4) is 0 Å². The molecule has 0 spiro atoms. The lowest BCUT2D eigenvalue weighted by molar-refractivity contribution is 0.538. The summed E-state index contributed by atoms with van der Waals surface area (Å²) in [7, 11) is -3.63. The van der Waals surface area contributed by atoms with E-state index >= 15 is 0 Å². The van der Waals surface area contributed by atoms with Crippen LogP contribution in [0.4, 0.5) is 0 Å². The molecular weight excluding hydrogens is 331 g/mol. The highest BCUT2D eigenvalue weighted by molar-refractivity contribution is 7.89. The van der Waals surface area contributed by atoms with Gasteiger partial charge >= 0.3 is 0 Å². The summed E-state index contributed by atoms with van der Waals surface area (Å²) in [5, 5.41) is 3.77. The predicted molar refractivity (Wildman–Crippen MR) is 86.4 cm³/mol. The molecule has 1 saturated carbocycles. The van der Waals surface area contributed by atoms with Crippen LogP contribution in [-0.4, -0.2) is 21.0 Å². The first kappa shape index (κ1) is 17.0. The van der Waals surface area contributed by atoms with Crippen LogP contribution in [0.15, 0.2) is 17.0 Å². The van der Waals surface area contributed by atoms with Gasteiger partial charge in [0.2, 0.25) is 10.0 Å². The SMILES string of the molecule is CCNCc1c(Cl)ccc(S(=O)(=O)NC(C)C2CC2)c1Cl. The fourth-order valence-corrected chi connectivity index (χ4v) is 4.42. The Morgan fingerprint density at radius 1 is 1.33 bits per heavy atom. The molecule has 0 saturated heterocycles. The summed E-state index contributed by atoms with van der Waals surface area (Å²) < 4.78 is 27.7. The molecule has 0 heterocycles. The second kappa shape index (κ2) is 6.84. The van der Waals surface area contributed by atoms with E-state index in [0.717, 1.165) is 19.4 Å². The number of nitrogens with one attached hydrogen (secondary N) is 2. The lowest BCUT2D eigenvalue weighted by atomic mass is 10.2. The minimum absolute atomic E-state index is 0.0704. The van der Waals surface area contributed by atoms with E-state index in [0.29, 0.717) is 23.0 Å². The van der Waals surface area contributed by atoms with Crippen LogP contribution in [-0.2, 0) is 16.6 Å². The van der Waals surface area contributed by atoms with Gasteiger partial charge in [0, 0.05) is 23.2 Å². The van der Waals surface area contributed by atoms with Gasteiger partial charge in [0.1, 0.15) is 4.90 Å². The van der Waals surface area contributed by atoms with Crippen LogP contribution in [0.2, 0.25) is 10.0 Å². The van der Waals surface area contributed by atoms with E-state index in [1.54, 1.807) is 6.07 Å². The molecule has 1 aliphatic rings. The van der Waals surface area contributed by atoms with Crippen molar-refractivity contribution < 1.29 is 8.42 Å². The van der Waals surface area contributed by atoms with Crippen molar-refractivity contribution >= 4 is 33.2 Å². The van der Waals surface area contributed by atoms with Crippen molar-refractivity contribution in [3.63, 3.8) is 0 Å². The largest absolute Gasteiger partial charge is 0.313 e. The third kappa shape index (κ3) is 4.11. The number of rotatable bonds is 7. The molecular formula is C14H20Cl2N2O2S. The molecule has 1 aromatic rings. The smallest absolute Gasteiger partial charge is 0.242 e. The van der Waals surface area contributed by atoms with Crippen molar-refractivity contribution in [3.05, 3.63) is 27.7 Å². The summed E-state index contributed by atoms with van der Waals surface area (Å²) in [4.78, 5) is 0.0916. The second-order valence-corrected chi connectivity index (χ2v) is 7.83. The zero-order valence-corrected chi connectivity index (χ0v) is 14.4. The van der Waals surface area contributed by atoms with Crippen molar-refractivity contribution in [2.45, 2.75) is 44.2 Å². The molecule has 118 valence electrons. The monoisotopic (exact) mass is 350 g/mol. The van der Waals surface area contributed by atoms with Gasteiger partial charge in [-0.2, -0.15) is 0 Å². The molecule has 0 bridgehead atoms. The number of hydrogen-bond donors (Lipinski definition) is 2. The van der Waals surface area contributed by atoms with Gasteiger partial charge in [0.15, 0.2) is 0 Å². The van der Waals surface area contributed by atoms with Crippen LogP contribution in [0.25, 0.3) is 0 Å². The molecule has 1 aliphatic carbocycles. The first-order chi connectivity index (χ1) is 9.86. The van der Waals surface area contributed by atoms with Crippen LogP contribution < -0.4 is 10.0 Å². The van der Waals surface area contributed by atoms with Gasteiger partial charge in [-0.15, -0.1) is 0 Å². The summed E-state index contributed by atoms with van der Waals surface area (Å²) in [6.07, 6.45) is 2.15. The summed E-state index contributed by atoms with van der Waals surface area (Å²) >= 11 is 12.4. The Kier molecular flexibility index (Phi) is 5.54. The van der Waals surface area contributed by atoms with E-state index in [4.69, 9.17) is 23.2 Å². The van der Waals surface area contributed by atoms with Gasteiger partial charge < -0.3 is 5.32 Å². The Hall–Kier alpha value is -0.330. The molecule has 1 unspecified atom stereocenters. The zero-order valence-electron chi connectivity index (χ0n) is 12.1. The molecule has 1 fully saturated rings. The van der Waals surface area contributed by atoms with E-state index in [9.17, 15) is 8.42 Å². The lowest BCUT2D eigenvalue weighted by Crippen LogP contribution is -2.34. The first-order valence-corrected chi connectivity index (χ1v) is 9.30. The third-order valence-corrected chi connectivity index (χ3v) is 6.16. The molecule has 0 radical (unpaired) electrons. The van der Waals surface area contributed by atoms with Crippen LogP contribution in [0.5, 0.6) is 0 Å². The molecule has 0 aliphatic heterocycles. The first-order valence-electron chi connectivity index (χ1n) is 7.06. The van der Waals surface area contributed by atoms with E-state index in [1.807, 2.05) is 13.8 Å². The Bertz CT molecular complexity index is 616. The normalized spacial score (nSPS) is 17.0. The molecule has 21 heavy (non-hydrogen) atoms. The fourth-order valence-electron chi connectivity index (χ4n) is 2.20. The molecule has 2 N–H and O–H groups in total. The van der Waals surface area contributed by atoms with Gasteiger partial charge in [-0.3, -0.25) is 0 Å². The zero-order chi connectivity index (χ0) is 15.6. The van der Waals surface area contributed by atoms with Crippen molar-refractivity contribution in [3.8, 4) is 0 Å². The average Bonchev–Trinajstić information content (AvgIpc) is 3.21. The summed E-state index contributed by atoms with van der Waals surface area (Å²) in [6, 6.07) is 2.97. The van der Waals surface area contributed by atoms with Crippen molar-refractivity contribution in [2.75, 3.05) is 6.54 Å². The van der Waals surface area contributed by atoms with E-state index in [2.05, 4.69) is 10.0 Å².